The quantitative estimate of drug-likeness (QED) is 0.288. The Morgan fingerprint density at radius 3 is 2.61 bits per heavy atom. The first-order chi connectivity index (χ1) is 15.0. The molecule has 4 rings (SSSR count). The van der Waals surface area contributed by atoms with Crippen LogP contribution in [0.2, 0.25) is 0 Å². The molecule has 5 nitrogen and oxygen atoms in total. The minimum atomic E-state index is -0.187. The summed E-state index contributed by atoms with van der Waals surface area (Å²) >= 11 is 3.33. The van der Waals surface area contributed by atoms with Gasteiger partial charge in [-0.05, 0) is 51.0 Å². The minimum Gasteiger partial charge on any atom is -0.483 e. The Labute approximate surface area is 191 Å². The first-order valence-electron chi connectivity index (χ1n) is 10.3. The van der Waals surface area contributed by atoms with Crippen LogP contribution in [0.1, 0.15) is 42.6 Å². The first kappa shape index (κ1) is 21.6. The van der Waals surface area contributed by atoms with E-state index in [0.717, 1.165) is 45.3 Å². The summed E-state index contributed by atoms with van der Waals surface area (Å²) in [5.41, 5.74) is 4.68. The van der Waals surface area contributed by atoms with Crippen LogP contribution in [0.25, 0.3) is 10.6 Å². The zero-order valence-corrected chi connectivity index (χ0v) is 19.8. The maximum Gasteiger partial charge on any atom is 0.191 e. The average molecular weight is 451 g/mol. The molecule has 0 bridgehead atoms. The van der Waals surface area contributed by atoms with Gasteiger partial charge in [-0.15, -0.1) is 21.5 Å². The molecule has 0 N–H and O–H groups in total. The van der Waals surface area contributed by atoms with Crippen LogP contribution in [-0.4, -0.2) is 19.7 Å². The molecule has 31 heavy (non-hydrogen) atoms. The number of benzene rings is 2. The van der Waals surface area contributed by atoms with Gasteiger partial charge in [0.15, 0.2) is 17.1 Å². The van der Waals surface area contributed by atoms with Gasteiger partial charge >= 0.3 is 0 Å². The lowest BCUT2D eigenvalue weighted by Gasteiger charge is -2.16. The van der Waals surface area contributed by atoms with Crippen molar-refractivity contribution in [3.63, 3.8) is 0 Å². The molecule has 0 aliphatic heterocycles. The molecular formula is C24H26N4OS2. The Morgan fingerprint density at radius 2 is 1.87 bits per heavy atom. The van der Waals surface area contributed by atoms with E-state index in [9.17, 15) is 0 Å². The van der Waals surface area contributed by atoms with Gasteiger partial charge in [0, 0.05) is 23.2 Å². The van der Waals surface area contributed by atoms with Crippen molar-refractivity contribution in [2.24, 2.45) is 0 Å². The Morgan fingerprint density at radius 1 is 1.06 bits per heavy atom. The molecule has 0 saturated carbocycles. The van der Waals surface area contributed by atoms with Gasteiger partial charge in [-0.2, -0.15) is 0 Å². The number of hydrogen-bond donors (Lipinski definition) is 0. The molecule has 1 atom stereocenters. The van der Waals surface area contributed by atoms with E-state index < -0.39 is 0 Å². The number of rotatable bonds is 8. The molecule has 0 aliphatic carbocycles. The van der Waals surface area contributed by atoms with Crippen LogP contribution in [-0.2, 0) is 12.3 Å². The Bertz CT molecular complexity index is 1150. The first-order valence-corrected chi connectivity index (χ1v) is 12.2. The molecule has 0 spiro atoms. The van der Waals surface area contributed by atoms with Crippen LogP contribution in [0.5, 0.6) is 5.75 Å². The molecule has 4 aromatic rings. The number of aromatic nitrogens is 4. The predicted molar refractivity (Wildman–Crippen MR) is 128 cm³/mol. The van der Waals surface area contributed by atoms with Crippen LogP contribution in [0.4, 0.5) is 0 Å². The van der Waals surface area contributed by atoms with Crippen molar-refractivity contribution >= 4 is 23.1 Å². The monoisotopic (exact) mass is 450 g/mol. The number of hydrogen-bond acceptors (Lipinski definition) is 6. The largest absolute Gasteiger partial charge is 0.483 e. The van der Waals surface area contributed by atoms with Crippen molar-refractivity contribution < 1.29 is 4.74 Å². The summed E-state index contributed by atoms with van der Waals surface area (Å²) in [6, 6.07) is 16.4. The lowest BCUT2D eigenvalue weighted by atomic mass is 10.1. The average Bonchev–Trinajstić information content (AvgIpc) is 3.42. The summed E-state index contributed by atoms with van der Waals surface area (Å²) in [5, 5.41) is 12.9. The fourth-order valence-corrected chi connectivity index (χ4v) is 5.11. The highest BCUT2D eigenvalue weighted by atomic mass is 32.2. The van der Waals surface area contributed by atoms with Gasteiger partial charge in [0.25, 0.3) is 0 Å². The number of thiazole rings is 1. The van der Waals surface area contributed by atoms with Gasteiger partial charge < -0.3 is 9.30 Å². The zero-order chi connectivity index (χ0) is 21.8. The third-order valence-electron chi connectivity index (χ3n) is 5.14. The van der Waals surface area contributed by atoms with Gasteiger partial charge in [0.2, 0.25) is 0 Å². The third kappa shape index (κ3) is 4.99. The Kier molecular flexibility index (Phi) is 6.73. The van der Waals surface area contributed by atoms with Crippen molar-refractivity contribution in [3.05, 3.63) is 76.6 Å². The summed E-state index contributed by atoms with van der Waals surface area (Å²) < 4.78 is 8.29. The maximum absolute atomic E-state index is 6.16. The van der Waals surface area contributed by atoms with Crippen LogP contribution < -0.4 is 4.74 Å². The highest BCUT2D eigenvalue weighted by Gasteiger charge is 2.19. The normalized spacial score (nSPS) is 12.1. The summed E-state index contributed by atoms with van der Waals surface area (Å²) in [6.45, 7) is 9.11. The highest BCUT2D eigenvalue weighted by Crippen LogP contribution is 2.29. The van der Waals surface area contributed by atoms with Crippen LogP contribution in [0.15, 0.2) is 59.1 Å². The highest BCUT2D eigenvalue weighted by molar-refractivity contribution is 7.98. The third-order valence-corrected chi connectivity index (χ3v) is 7.08. The number of ether oxygens (including phenoxy) is 1. The van der Waals surface area contributed by atoms with Crippen molar-refractivity contribution in [2.45, 2.75) is 51.3 Å². The summed E-state index contributed by atoms with van der Waals surface area (Å²) in [7, 11) is 0. The van der Waals surface area contributed by atoms with E-state index in [1.165, 1.54) is 11.1 Å². The molecule has 0 amide bonds. The van der Waals surface area contributed by atoms with E-state index in [-0.39, 0.29) is 6.10 Å². The van der Waals surface area contributed by atoms with E-state index >= 15 is 0 Å². The molecule has 0 saturated heterocycles. The van der Waals surface area contributed by atoms with Crippen molar-refractivity contribution in [1.82, 2.24) is 19.7 Å². The molecule has 7 heteroatoms. The smallest absolute Gasteiger partial charge is 0.191 e. The molecular weight excluding hydrogens is 424 g/mol. The minimum absolute atomic E-state index is 0.187. The van der Waals surface area contributed by atoms with E-state index in [1.54, 1.807) is 23.1 Å². The van der Waals surface area contributed by atoms with Crippen LogP contribution in [0.3, 0.4) is 0 Å². The second-order valence-corrected chi connectivity index (χ2v) is 9.19. The number of thioether (sulfide) groups is 1. The molecule has 2 heterocycles. The SMILES string of the molecule is CCn1c(SCc2csc(-c3ccccc3)n2)nnc1C(C)Oc1ccc(C)c(C)c1. The molecule has 0 fully saturated rings. The fraction of sp³-hybridized carbons (Fsp3) is 0.292. The van der Waals surface area contributed by atoms with Gasteiger partial charge in [-0.25, -0.2) is 4.98 Å². The van der Waals surface area contributed by atoms with Crippen LogP contribution in [0, 0.1) is 13.8 Å². The zero-order valence-electron chi connectivity index (χ0n) is 18.2. The second-order valence-electron chi connectivity index (χ2n) is 7.39. The van der Waals surface area contributed by atoms with Gasteiger partial charge in [0.05, 0.1) is 5.69 Å². The van der Waals surface area contributed by atoms with E-state index in [1.807, 2.05) is 31.2 Å². The van der Waals surface area contributed by atoms with Crippen molar-refractivity contribution in [2.75, 3.05) is 0 Å². The van der Waals surface area contributed by atoms with Crippen LogP contribution >= 0.6 is 23.1 Å². The molecule has 2 aromatic carbocycles. The Hall–Kier alpha value is -2.64. The molecule has 0 radical (unpaired) electrons. The maximum atomic E-state index is 6.16. The summed E-state index contributed by atoms with van der Waals surface area (Å²) in [6.07, 6.45) is -0.187. The standard InChI is InChI=1S/C24H26N4OS2/c1-5-28-22(18(4)29-21-12-11-16(2)17(3)13-21)26-27-24(28)31-15-20-14-30-23(25-20)19-9-7-6-8-10-19/h6-14,18H,5,15H2,1-4H3. The topological polar surface area (TPSA) is 52.8 Å². The van der Waals surface area contributed by atoms with E-state index in [2.05, 4.69) is 65.2 Å². The van der Waals surface area contributed by atoms with E-state index in [4.69, 9.17) is 9.72 Å². The van der Waals surface area contributed by atoms with Crippen molar-refractivity contribution in [3.8, 4) is 16.3 Å². The van der Waals surface area contributed by atoms with E-state index in [0.29, 0.717) is 0 Å². The molecule has 0 aliphatic rings. The lowest BCUT2D eigenvalue weighted by molar-refractivity contribution is 0.209. The molecule has 2 aromatic heterocycles. The fourth-order valence-electron chi connectivity index (χ4n) is 3.27. The number of nitrogens with zero attached hydrogens (tertiary/aromatic N) is 4. The summed E-state index contributed by atoms with van der Waals surface area (Å²) in [4.78, 5) is 4.78. The predicted octanol–water partition coefficient (Wildman–Crippen LogP) is 6.47. The Balaban J connectivity index is 1.44. The van der Waals surface area contributed by atoms with Gasteiger partial charge in [0.1, 0.15) is 10.8 Å². The number of aryl methyl sites for hydroxylation is 2. The summed E-state index contributed by atoms with van der Waals surface area (Å²) in [5.74, 6) is 2.45. The lowest BCUT2D eigenvalue weighted by Crippen LogP contribution is -2.12. The molecule has 160 valence electrons. The second kappa shape index (κ2) is 9.66. The van der Waals surface area contributed by atoms with Gasteiger partial charge in [-0.1, -0.05) is 48.2 Å². The van der Waals surface area contributed by atoms with Crippen molar-refractivity contribution in [1.29, 1.82) is 0 Å². The van der Waals surface area contributed by atoms with Gasteiger partial charge in [-0.3, -0.25) is 0 Å². The molecule has 1 unspecified atom stereocenters.